The van der Waals surface area contributed by atoms with Gasteiger partial charge in [-0.1, -0.05) is 0 Å². The Hall–Kier alpha value is -0.940. The summed E-state index contributed by atoms with van der Waals surface area (Å²) in [5.41, 5.74) is 0.396. The number of carbonyl (C=O) groups is 1. The summed E-state index contributed by atoms with van der Waals surface area (Å²) in [5.74, 6) is -0.0241. The largest absolute Gasteiger partial charge is 0.336 e. The SMILES string of the molecule is CC(C)N(CC1CCCNC1)C(=O)c1cc(F)ccc1Br. The van der Waals surface area contributed by atoms with Gasteiger partial charge in [0.1, 0.15) is 5.82 Å². The van der Waals surface area contributed by atoms with Gasteiger partial charge in [-0.25, -0.2) is 4.39 Å². The molecule has 1 amide bonds. The zero-order valence-electron chi connectivity index (χ0n) is 12.5. The van der Waals surface area contributed by atoms with Crippen LogP contribution in [0.1, 0.15) is 37.0 Å². The minimum Gasteiger partial charge on any atom is -0.336 e. The molecule has 1 atom stereocenters. The monoisotopic (exact) mass is 356 g/mol. The molecule has 0 bridgehead atoms. The highest BCUT2D eigenvalue weighted by Gasteiger charge is 2.25. The first-order valence-corrected chi connectivity index (χ1v) is 8.25. The summed E-state index contributed by atoms with van der Waals surface area (Å²) < 4.78 is 14.1. The number of amides is 1. The normalized spacial score (nSPS) is 18.8. The molecule has 0 saturated carbocycles. The van der Waals surface area contributed by atoms with Gasteiger partial charge in [0.2, 0.25) is 0 Å². The molecule has 116 valence electrons. The van der Waals surface area contributed by atoms with Crippen molar-refractivity contribution in [2.75, 3.05) is 19.6 Å². The Labute approximate surface area is 134 Å². The Bertz CT molecular complexity index is 501. The maximum Gasteiger partial charge on any atom is 0.255 e. The van der Waals surface area contributed by atoms with Crippen molar-refractivity contribution >= 4 is 21.8 Å². The molecule has 0 aromatic heterocycles. The summed E-state index contributed by atoms with van der Waals surface area (Å²) in [7, 11) is 0. The number of hydrogen-bond acceptors (Lipinski definition) is 2. The third-order valence-electron chi connectivity index (χ3n) is 3.90. The van der Waals surface area contributed by atoms with E-state index in [9.17, 15) is 9.18 Å². The van der Waals surface area contributed by atoms with Crippen LogP contribution in [0.25, 0.3) is 0 Å². The van der Waals surface area contributed by atoms with Gasteiger partial charge in [-0.2, -0.15) is 0 Å². The zero-order valence-corrected chi connectivity index (χ0v) is 14.1. The number of nitrogens with zero attached hydrogens (tertiary/aromatic N) is 1. The van der Waals surface area contributed by atoms with Gasteiger partial charge in [0.25, 0.3) is 5.91 Å². The number of benzene rings is 1. The number of piperidine rings is 1. The summed E-state index contributed by atoms with van der Waals surface area (Å²) in [5, 5.41) is 3.37. The Morgan fingerprint density at radius 2 is 2.29 bits per heavy atom. The van der Waals surface area contributed by atoms with E-state index in [2.05, 4.69) is 21.2 Å². The highest BCUT2D eigenvalue weighted by Crippen LogP contribution is 2.22. The average Bonchev–Trinajstić information content (AvgIpc) is 2.47. The van der Waals surface area contributed by atoms with Crippen molar-refractivity contribution < 1.29 is 9.18 Å². The van der Waals surface area contributed by atoms with Crippen LogP contribution >= 0.6 is 15.9 Å². The number of hydrogen-bond donors (Lipinski definition) is 1. The number of halogens is 2. The van der Waals surface area contributed by atoms with Crippen molar-refractivity contribution in [2.45, 2.75) is 32.7 Å². The summed E-state index contributed by atoms with van der Waals surface area (Å²) in [4.78, 5) is 14.6. The van der Waals surface area contributed by atoms with Crippen LogP contribution in [0.15, 0.2) is 22.7 Å². The second-order valence-corrected chi connectivity index (χ2v) is 6.74. The topological polar surface area (TPSA) is 32.3 Å². The molecule has 1 aromatic carbocycles. The van der Waals surface area contributed by atoms with Gasteiger partial charge in [0.05, 0.1) is 5.56 Å². The predicted molar refractivity (Wildman–Crippen MR) is 85.9 cm³/mol. The minimum absolute atomic E-state index is 0.0922. The lowest BCUT2D eigenvalue weighted by Gasteiger charge is -2.33. The molecule has 3 nitrogen and oxygen atoms in total. The highest BCUT2D eigenvalue weighted by molar-refractivity contribution is 9.10. The second kappa shape index (κ2) is 7.36. The third-order valence-corrected chi connectivity index (χ3v) is 4.59. The minimum atomic E-state index is -0.385. The number of rotatable bonds is 4. The molecule has 0 spiro atoms. The Kier molecular flexibility index (Phi) is 5.76. The van der Waals surface area contributed by atoms with E-state index in [1.54, 1.807) is 6.07 Å². The quantitative estimate of drug-likeness (QED) is 0.895. The van der Waals surface area contributed by atoms with Gasteiger partial charge in [-0.15, -0.1) is 0 Å². The molecule has 1 unspecified atom stereocenters. The predicted octanol–water partition coefficient (Wildman–Crippen LogP) is 3.44. The lowest BCUT2D eigenvalue weighted by Crippen LogP contribution is -2.44. The molecule has 1 saturated heterocycles. The average molecular weight is 357 g/mol. The lowest BCUT2D eigenvalue weighted by atomic mass is 9.98. The van der Waals surface area contributed by atoms with Gasteiger partial charge < -0.3 is 10.2 Å². The van der Waals surface area contributed by atoms with Gasteiger partial charge in [0.15, 0.2) is 0 Å². The van der Waals surface area contributed by atoms with E-state index in [1.165, 1.54) is 12.1 Å². The van der Waals surface area contributed by atoms with E-state index in [4.69, 9.17) is 0 Å². The van der Waals surface area contributed by atoms with E-state index in [1.807, 2.05) is 18.7 Å². The fourth-order valence-electron chi connectivity index (χ4n) is 2.70. The molecule has 1 N–H and O–H groups in total. The van der Waals surface area contributed by atoms with Crippen molar-refractivity contribution in [3.63, 3.8) is 0 Å². The molecule has 1 heterocycles. The van der Waals surface area contributed by atoms with E-state index in [0.717, 1.165) is 25.9 Å². The molecule has 21 heavy (non-hydrogen) atoms. The number of carbonyl (C=O) groups excluding carboxylic acids is 1. The lowest BCUT2D eigenvalue weighted by molar-refractivity contribution is 0.0659. The number of nitrogens with one attached hydrogen (secondary N) is 1. The standard InChI is InChI=1S/C16H22BrFN2O/c1-11(2)20(10-12-4-3-7-19-9-12)16(21)14-8-13(18)5-6-15(14)17/h5-6,8,11-12,19H,3-4,7,9-10H2,1-2H3. The van der Waals surface area contributed by atoms with Gasteiger partial charge in [0, 0.05) is 17.1 Å². The molecule has 1 aromatic rings. The molecule has 1 fully saturated rings. The summed E-state index contributed by atoms with van der Waals surface area (Å²) in [6.45, 7) is 6.72. The first kappa shape index (κ1) is 16.4. The first-order valence-electron chi connectivity index (χ1n) is 7.45. The van der Waals surface area contributed by atoms with Crippen molar-refractivity contribution in [2.24, 2.45) is 5.92 Å². The fraction of sp³-hybridized carbons (Fsp3) is 0.562. The van der Waals surface area contributed by atoms with Crippen LogP contribution in [-0.4, -0.2) is 36.5 Å². The van der Waals surface area contributed by atoms with E-state index < -0.39 is 0 Å². The molecule has 2 rings (SSSR count). The maximum atomic E-state index is 13.4. The molecule has 0 radical (unpaired) electrons. The van der Waals surface area contributed by atoms with Crippen molar-refractivity contribution in [1.29, 1.82) is 0 Å². The summed E-state index contributed by atoms with van der Waals surface area (Å²) >= 11 is 3.35. The van der Waals surface area contributed by atoms with Crippen LogP contribution in [0.4, 0.5) is 4.39 Å². The summed E-state index contributed by atoms with van der Waals surface area (Å²) in [6.07, 6.45) is 2.28. The van der Waals surface area contributed by atoms with Crippen LogP contribution in [0, 0.1) is 11.7 Å². The summed E-state index contributed by atoms with van der Waals surface area (Å²) in [6, 6.07) is 4.34. The second-order valence-electron chi connectivity index (χ2n) is 5.89. The van der Waals surface area contributed by atoms with E-state index in [-0.39, 0.29) is 17.8 Å². The van der Waals surface area contributed by atoms with E-state index in [0.29, 0.717) is 22.5 Å². The highest BCUT2D eigenvalue weighted by atomic mass is 79.9. The Balaban J connectivity index is 2.16. The van der Waals surface area contributed by atoms with Crippen LogP contribution < -0.4 is 5.32 Å². The van der Waals surface area contributed by atoms with Crippen molar-refractivity contribution in [3.8, 4) is 0 Å². The molecule has 1 aliphatic heterocycles. The van der Waals surface area contributed by atoms with Gasteiger partial charge >= 0.3 is 0 Å². The van der Waals surface area contributed by atoms with Crippen molar-refractivity contribution in [1.82, 2.24) is 10.2 Å². The Morgan fingerprint density at radius 1 is 1.52 bits per heavy atom. The maximum absolute atomic E-state index is 13.4. The fourth-order valence-corrected chi connectivity index (χ4v) is 3.12. The van der Waals surface area contributed by atoms with E-state index >= 15 is 0 Å². The van der Waals surface area contributed by atoms with Gasteiger partial charge in [-0.3, -0.25) is 4.79 Å². The van der Waals surface area contributed by atoms with Gasteiger partial charge in [-0.05, 0) is 79.8 Å². The van der Waals surface area contributed by atoms with Crippen LogP contribution in [-0.2, 0) is 0 Å². The molecule has 0 aliphatic carbocycles. The van der Waals surface area contributed by atoms with Crippen LogP contribution in [0.5, 0.6) is 0 Å². The molecular formula is C16H22BrFN2O. The van der Waals surface area contributed by atoms with Crippen LogP contribution in [0.3, 0.4) is 0 Å². The first-order chi connectivity index (χ1) is 9.99. The third kappa shape index (κ3) is 4.27. The Morgan fingerprint density at radius 3 is 2.90 bits per heavy atom. The molecular weight excluding hydrogens is 335 g/mol. The zero-order chi connectivity index (χ0) is 15.4. The smallest absolute Gasteiger partial charge is 0.255 e. The van der Waals surface area contributed by atoms with Crippen LogP contribution in [0.2, 0.25) is 0 Å². The van der Waals surface area contributed by atoms with Crippen molar-refractivity contribution in [3.05, 3.63) is 34.1 Å². The molecule has 5 heteroatoms. The molecule has 1 aliphatic rings.